The lowest BCUT2D eigenvalue weighted by Gasteiger charge is -2.30. The molecule has 0 bridgehead atoms. The zero-order valence-corrected chi connectivity index (χ0v) is 15.9. The highest BCUT2D eigenvalue weighted by Gasteiger charge is 2.30. The van der Waals surface area contributed by atoms with Crippen LogP contribution >= 0.6 is 0 Å². The van der Waals surface area contributed by atoms with E-state index in [1.54, 1.807) is 0 Å². The summed E-state index contributed by atoms with van der Waals surface area (Å²) < 4.78 is 11.0. The van der Waals surface area contributed by atoms with Crippen LogP contribution in [0.5, 0.6) is 5.75 Å². The van der Waals surface area contributed by atoms with E-state index in [2.05, 4.69) is 13.0 Å². The van der Waals surface area contributed by atoms with Gasteiger partial charge in [-0.15, -0.1) is 0 Å². The molecule has 1 saturated heterocycles. The van der Waals surface area contributed by atoms with E-state index in [-0.39, 0.29) is 18.5 Å². The van der Waals surface area contributed by atoms with E-state index >= 15 is 0 Å². The first-order valence-corrected chi connectivity index (χ1v) is 9.29. The van der Waals surface area contributed by atoms with Gasteiger partial charge in [0.2, 0.25) is 0 Å². The van der Waals surface area contributed by atoms with Crippen molar-refractivity contribution in [1.29, 1.82) is 0 Å². The summed E-state index contributed by atoms with van der Waals surface area (Å²) in [5, 5.41) is 10.4. The summed E-state index contributed by atoms with van der Waals surface area (Å²) in [5.41, 5.74) is 3.47. The average Bonchev–Trinajstić information content (AvgIpc) is 2.57. The second-order valence-electron chi connectivity index (χ2n) is 7.17. The summed E-state index contributed by atoms with van der Waals surface area (Å²) in [7, 11) is 0. The quantitative estimate of drug-likeness (QED) is 0.726. The van der Waals surface area contributed by atoms with Crippen molar-refractivity contribution in [2.24, 2.45) is 5.92 Å². The molecular formula is C20H32NO4+. The second kappa shape index (κ2) is 9.20. The highest BCUT2D eigenvalue weighted by Crippen LogP contribution is 2.23. The smallest absolute Gasteiger partial charge is 0.314 e. The molecule has 0 saturated carbocycles. The summed E-state index contributed by atoms with van der Waals surface area (Å²) in [4.78, 5) is 13.2. The van der Waals surface area contributed by atoms with Gasteiger partial charge < -0.3 is 19.5 Å². The zero-order chi connectivity index (χ0) is 18.4. The summed E-state index contributed by atoms with van der Waals surface area (Å²) in [6, 6.07) is 4.14. The molecule has 0 amide bonds. The number of hydrogen-bond acceptors (Lipinski definition) is 4. The maximum absolute atomic E-state index is 11.9. The van der Waals surface area contributed by atoms with Gasteiger partial charge in [-0.25, -0.2) is 0 Å². The van der Waals surface area contributed by atoms with Crippen molar-refractivity contribution in [3.8, 4) is 5.75 Å². The van der Waals surface area contributed by atoms with Crippen molar-refractivity contribution in [1.82, 2.24) is 0 Å². The molecule has 1 fully saturated rings. The van der Waals surface area contributed by atoms with Crippen molar-refractivity contribution in [2.75, 3.05) is 32.8 Å². The van der Waals surface area contributed by atoms with E-state index in [0.29, 0.717) is 13.2 Å². The molecule has 1 unspecified atom stereocenters. The number of likely N-dealkylation sites (tertiary alicyclic amines) is 1. The number of hydrogen-bond donors (Lipinski definition) is 2. The van der Waals surface area contributed by atoms with Crippen molar-refractivity contribution >= 4 is 5.97 Å². The molecule has 0 aromatic heterocycles. The van der Waals surface area contributed by atoms with Crippen LogP contribution in [0.25, 0.3) is 0 Å². The number of aliphatic hydroxyl groups is 1. The van der Waals surface area contributed by atoms with Crippen LogP contribution in [0.2, 0.25) is 0 Å². The first-order valence-electron chi connectivity index (χ1n) is 9.29. The third-order valence-corrected chi connectivity index (χ3v) is 4.96. The first-order chi connectivity index (χ1) is 11.9. The molecule has 3 atom stereocenters. The zero-order valence-electron chi connectivity index (χ0n) is 15.9. The minimum absolute atomic E-state index is 0.0431. The van der Waals surface area contributed by atoms with E-state index in [4.69, 9.17) is 9.47 Å². The van der Waals surface area contributed by atoms with E-state index in [1.807, 2.05) is 26.8 Å². The number of carbonyl (C=O) groups is 1. The molecule has 0 radical (unpaired) electrons. The molecule has 1 aliphatic rings. The van der Waals surface area contributed by atoms with E-state index in [1.165, 1.54) is 10.5 Å². The Morgan fingerprint density at radius 3 is 2.84 bits per heavy atom. The SMILES string of the molecule is CCOC(=O)[C@H]1CCC[NH+](C[C@H](O)COc2cc(C)cc(C)c2C)C1. The van der Waals surface area contributed by atoms with Gasteiger partial charge in [0.15, 0.2) is 0 Å². The maximum Gasteiger partial charge on any atom is 0.314 e. The number of rotatable bonds is 7. The van der Waals surface area contributed by atoms with Gasteiger partial charge in [-0.1, -0.05) is 6.07 Å². The lowest BCUT2D eigenvalue weighted by atomic mass is 9.98. The number of quaternary nitrogens is 1. The topological polar surface area (TPSA) is 60.2 Å². The van der Waals surface area contributed by atoms with E-state index in [9.17, 15) is 9.90 Å². The molecule has 1 aliphatic heterocycles. The Balaban J connectivity index is 1.84. The van der Waals surface area contributed by atoms with Gasteiger partial charge in [-0.3, -0.25) is 4.79 Å². The Morgan fingerprint density at radius 1 is 1.36 bits per heavy atom. The normalized spacial score (nSPS) is 21.6. The lowest BCUT2D eigenvalue weighted by Crippen LogP contribution is -3.15. The Labute approximate surface area is 150 Å². The minimum Gasteiger partial charge on any atom is -0.490 e. The monoisotopic (exact) mass is 350 g/mol. The number of benzene rings is 1. The van der Waals surface area contributed by atoms with Gasteiger partial charge in [-0.2, -0.15) is 0 Å². The van der Waals surface area contributed by atoms with Crippen LogP contribution in [-0.4, -0.2) is 50.0 Å². The number of nitrogens with one attached hydrogen (secondary N) is 1. The highest BCUT2D eigenvalue weighted by atomic mass is 16.5. The van der Waals surface area contributed by atoms with Gasteiger partial charge in [-0.05, 0) is 63.3 Å². The number of esters is 1. The fourth-order valence-electron chi connectivity index (χ4n) is 3.53. The second-order valence-corrected chi connectivity index (χ2v) is 7.17. The van der Waals surface area contributed by atoms with Crippen LogP contribution in [0.1, 0.15) is 36.5 Å². The van der Waals surface area contributed by atoms with Gasteiger partial charge in [0.25, 0.3) is 0 Å². The van der Waals surface area contributed by atoms with Crippen LogP contribution in [-0.2, 0) is 9.53 Å². The van der Waals surface area contributed by atoms with Crippen molar-refractivity contribution < 1.29 is 24.3 Å². The number of aliphatic hydroxyl groups excluding tert-OH is 1. The molecule has 2 rings (SSSR count). The molecule has 2 N–H and O–H groups in total. The minimum atomic E-state index is -0.545. The maximum atomic E-state index is 11.9. The van der Waals surface area contributed by atoms with Crippen LogP contribution in [0.15, 0.2) is 12.1 Å². The Kier molecular flexibility index (Phi) is 7.26. The molecule has 1 aromatic carbocycles. The van der Waals surface area contributed by atoms with E-state index < -0.39 is 6.10 Å². The molecule has 0 aliphatic carbocycles. The average molecular weight is 350 g/mol. The van der Waals surface area contributed by atoms with Crippen LogP contribution in [0.3, 0.4) is 0 Å². The van der Waals surface area contributed by atoms with E-state index in [0.717, 1.165) is 42.8 Å². The van der Waals surface area contributed by atoms with Crippen LogP contribution < -0.4 is 9.64 Å². The van der Waals surface area contributed by atoms with Gasteiger partial charge in [0, 0.05) is 0 Å². The number of piperidine rings is 1. The summed E-state index contributed by atoms with van der Waals surface area (Å²) in [6.45, 7) is 11.0. The van der Waals surface area contributed by atoms with Crippen molar-refractivity contribution in [3.05, 3.63) is 28.8 Å². The number of aryl methyl sites for hydroxylation is 2. The lowest BCUT2D eigenvalue weighted by molar-refractivity contribution is -0.910. The van der Waals surface area contributed by atoms with Crippen molar-refractivity contribution in [3.63, 3.8) is 0 Å². The Hall–Kier alpha value is -1.59. The van der Waals surface area contributed by atoms with Crippen LogP contribution in [0.4, 0.5) is 0 Å². The highest BCUT2D eigenvalue weighted by molar-refractivity contribution is 5.72. The molecule has 1 heterocycles. The molecule has 25 heavy (non-hydrogen) atoms. The number of carbonyl (C=O) groups excluding carboxylic acids is 1. The summed E-state index contributed by atoms with van der Waals surface area (Å²) in [6.07, 6.45) is 1.33. The largest absolute Gasteiger partial charge is 0.490 e. The molecule has 1 aromatic rings. The fourth-order valence-corrected chi connectivity index (χ4v) is 3.53. The fraction of sp³-hybridized carbons (Fsp3) is 0.650. The number of ether oxygens (including phenoxy) is 2. The first kappa shape index (κ1) is 19.7. The Morgan fingerprint density at radius 2 is 2.12 bits per heavy atom. The molecule has 5 heteroatoms. The van der Waals surface area contributed by atoms with Crippen LogP contribution in [0, 0.1) is 26.7 Å². The predicted molar refractivity (Wildman–Crippen MR) is 97.1 cm³/mol. The molecular weight excluding hydrogens is 318 g/mol. The van der Waals surface area contributed by atoms with Gasteiger partial charge in [0.05, 0.1) is 19.7 Å². The standard InChI is InChI=1S/C20H31NO4/c1-5-24-20(23)17-7-6-8-21(11-17)12-18(22)13-25-19-10-14(2)9-15(3)16(19)4/h9-10,17-18,22H,5-8,11-13H2,1-4H3/p+1/t17-,18-/m0/s1. The van der Waals surface area contributed by atoms with Crippen molar-refractivity contribution in [2.45, 2.75) is 46.6 Å². The Bertz CT molecular complexity index is 587. The third-order valence-electron chi connectivity index (χ3n) is 4.96. The molecule has 140 valence electrons. The van der Waals surface area contributed by atoms with Gasteiger partial charge >= 0.3 is 5.97 Å². The van der Waals surface area contributed by atoms with Gasteiger partial charge in [0.1, 0.15) is 30.9 Å². The predicted octanol–water partition coefficient (Wildman–Crippen LogP) is 1.21. The summed E-state index contributed by atoms with van der Waals surface area (Å²) in [5.74, 6) is 0.699. The summed E-state index contributed by atoms with van der Waals surface area (Å²) >= 11 is 0. The third kappa shape index (κ3) is 5.72. The molecule has 5 nitrogen and oxygen atoms in total. The molecule has 0 spiro atoms.